The van der Waals surface area contributed by atoms with Gasteiger partial charge in [0.05, 0.1) is 30.2 Å². The number of carbonyl (C=O) groups excluding carboxylic acids is 1. The highest BCUT2D eigenvalue weighted by Gasteiger charge is 2.50. The normalized spacial score (nSPS) is 23.9. The summed E-state index contributed by atoms with van der Waals surface area (Å²) in [6, 6.07) is 3.02. The van der Waals surface area contributed by atoms with Gasteiger partial charge in [0.1, 0.15) is 28.7 Å². The Kier molecular flexibility index (Phi) is 7.75. The SMILES string of the molecule is CCO/C=C/c1nc(C)nc(N[C@H](C)c2cccc(C(F)F)c2F)c1C(=O)NC12CCC(F)(CC1)CC2. The van der Waals surface area contributed by atoms with Crippen LogP contribution in [0.1, 0.15) is 97.8 Å². The molecule has 6 nitrogen and oxygen atoms in total. The minimum absolute atomic E-state index is 0.0178. The van der Waals surface area contributed by atoms with Crippen molar-refractivity contribution in [2.45, 2.75) is 83.0 Å². The summed E-state index contributed by atoms with van der Waals surface area (Å²) in [5.41, 5.74) is -1.93. The van der Waals surface area contributed by atoms with E-state index in [9.17, 15) is 22.4 Å². The van der Waals surface area contributed by atoms with Gasteiger partial charge in [0, 0.05) is 11.1 Å². The molecule has 3 aliphatic carbocycles. The first-order valence-corrected chi connectivity index (χ1v) is 12.6. The number of benzene rings is 1. The lowest BCUT2D eigenvalue weighted by molar-refractivity contribution is -0.00651. The molecular weight excluding hydrogens is 488 g/mol. The average Bonchev–Trinajstić information content (AvgIpc) is 2.85. The van der Waals surface area contributed by atoms with E-state index < -0.39 is 41.0 Å². The summed E-state index contributed by atoms with van der Waals surface area (Å²) in [7, 11) is 0. The van der Waals surface area contributed by atoms with Crippen molar-refractivity contribution >= 4 is 17.8 Å². The lowest BCUT2D eigenvalue weighted by Crippen LogP contribution is -2.57. The van der Waals surface area contributed by atoms with Gasteiger partial charge >= 0.3 is 0 Å². The van der Waals surface area contributed by atoms with Crippen LogP contribution < -0.4 is 10.6 Å². The molecule has 0 radical (unpaired) electrons. The van der Waals surface area contributed by atoms with E-state index in [1.807, 2.05) is 6.92 Å². The minimum Gasteiger partial charge on any atom is -0.501 e. The van der Waals surface area contributed by atoms with Crippen LogP contribution >= 0.6 is 0 Å². The van der Waals surface area contributed by atoms with E-state index in [1.54, 1.807) is 19.9 Å². The molecule has 3 aliphatic rings. The molecule has 5 rings (SSSR count). The Morgan fingerprint density at radius 2 is 1.78 bits per heavy atom. The van der Waals surface area contributed by atoms with E-state index in [2.05, 4.69) is 20.6 Å². The van der Waals surface area contributed by atoms with Gasteiger partial charge in [0.15, 0.2) is 0 Å². The summed E-state index contributed by atoms with van der Waals surface area (Å²) in [5.74, 6) is -0.970. The van der Waals surface area contributed by atoms with Crippen molar-refractivity contribution in [3.8, 4) is 0 Å². The predicted octanol–water partition coefficient (Wildman–Crippen LogP) is 6.59. The largest absolute Gasteiger partial charge is 0.501 e. The number of anilines is 1. The molecule has 1 aromatic carbocycles. The number of aryl methyl sites for hydroxylation is 1. The van der Waals surface area contributed by atoms with Crippen molar-refractivity contribution in [1.29, 1.82) is 0 Å². The van der Waals surface area contributed by atoms with Crippen LogP contribution in [0, 0.1) is 12.7 Å². The molecule has 1 aromatic heterocycles. The standard InChI is InChI=1S/C27H32F4N4O2/c1-4-37-15-8-20-21(25(36)35-27-12-9-26(31,10-13-27)11-14-27)24(34-17(3)33-20)32-16(2)18-6-5-7-19(22(18)28)23(29)30/h5-8,15-16,23H,4,9-14H2,1-3H3,(H,35,36)(H,32,33,34)/b15-8+/t16-,26?,27?/m1/s1. The zero-order valence-electron chi connectivity index (χ0n) is 21.2. The maximum atomic E-state index is 14.9. The fraction of sp³-hybridized carbons (Fsp3) is 0.519. The number of hydrogen-bond acceptors (Lipinski definition) is 5. The lowest BCUT2D eigenvalue weighted by atomic mass is 9.64. The summed E-state index contributed by atoms with van der Waals surface area (Å²) in [6.45, 7) is 5.48. The first-order chi connectivity index (χ1) is 17.6. The number of hydrogen-bond donors (Lipinski definition) is 2. The third kappa shape index (κ3) is 5.72. The second-order valence-corrected chi connectivity index (χ2v) is 9.94. The van der Waals surface area contributed by atoms with Crippen LogP contribution in [-0.4, -0.2) is 33.7 Å². The minimum atomic E-state index is -2.96. The van der Waals surface area contributed by atoms with Crippen LogP contribution in [0.3, 0.4) is 0 Å². The molecule has 0 spiro atoms. The summed E-state index contributed by atoms with van der Waals surface area (Å²) < 4.78 is 61.4. The Morgan fingerprint density at radius 3 is 2.41 bits per heavy atom. The second kappa shape index (κ2) is 10.7. The molecule has 0 unspecified atom stereocenters. The number of halogens is 4. The number of rotatable bonds is 9. The van der Waals surface area contributed by atoms with Gasteiger partial charge in [0.2, 0.25) is 0 Å². The van der Waals surface area contributed by atoms with Gasteiger partial charge in [-0.1, -0.05) is 18.2 Å². The van der Waals surface area contributed by atoms with E-state index in [1.165, 1.54) is 18.4 Å². The number of fused-ring (bicyclic) bond motifs is 3. The Hall–Kier alpha value is -3.17. The zero-order chi connectivity index (χ0) is 26.8. The molecule has 3 fully saturated rings. The zero-order valence-corrected chi connectivity index (χ0v) is 21.2. The van der Waals surface area contributed by atoms with Crippen LogP contribution in [0.5, 0.6) is 0 Å². The van der Waals surface area contributed by atoms with E-state index in [4.69, 9.17) is 4.74 Å². The number of aromatic nitrogens is 2. The maximum absolute atomic E-state index is 14.9. The summed E-state index contributed by atoms with van der Waals surface area (Å²) >= 11 is 0. The number of ether oxygens (including phenoxy) is 1. The summed E-state index contributed by atoms with van der Waals surface area (Å²) in [6.07, 6.45) is 2.83. The topological polar surface area (TPSA) is 76.1 Å². The molecule has 37 heavy (non-hydrogen) atoms. The Bertz CT molecular complexity index is 1160. The number of nitrogens with zero attached hydrogens (tertiary/aromatic N) is 2. The average molecular weight is 521 g/mol. The van der Waals surface area contributed by atoms with Crippen molar-refractivity contribution in [2.24, 2.45) is 0 Å². The molecule has 2 bridgehead atoms. The van der Waals surface area contributed by atoms with Gasteiger partial charge in [0.25, 0.3) is 12.3 Å². The molecule has 1 amide bonds. The Morgan fingerprint density at radius 1 is 1.14 bits per heavy atom. The highest BCUT2D eigenvalue weighted by Crippen LogP contribution is 2.49. The fourth-order valence-corrected chi connectivity index (χ4v) is 5.24. The molecule has 1 heterocycles. The quantitative estimate of drug-likeness (QED) is 0.288. The van der Waals surface area contributed by atoms with Crippen LogP contribution in [0.4, 0.5) is 23.4 Å². The molecule has 2 N–H and O–H groups in total. The van der Waals surface area contributed by atoms with Crippen molar-refractivity contribution in [2.75, 3.05) is 11.9 Å². The number of nitrogens with one attached hydrogen (secondary N) is 2. The van der Waals surface area contributed by atoms with Gasteiger partial charge in [-0.3, -0.25) is 4.79 Å². The van der Waals surface area contributed by atoms with Crippen LogP contribution in [0.2, 0.25) is 0 Å². The van der Waals surface area contributed by atoms with E-state index in [0.29, 0.717) is 51.0 Å². The highest BCUT2D eigenvalue weighted by molar-refractivity contribution is 6.02. The van der Waals surface area contributed by atoms with E-state index >= 15 is 0 Å². The third-order valence-electron chi connectivity index (χ3n) is 7.41. The van der Waals surface area contributed by atoms with Crippen LogP contribution in [-0.2, 0) is 4.74 Å². The monoisotopic (exact) mass is 520 g/mol. The summed E-state index contributed by atoms with van der Waals surface area (Å²) in [5, 5.41) is 6.16. The molecular formula is C27H32F4N4O2. The Labute approximate surface area is 213 Å². The van der Waals surface area contributed by atoms with Crippen molar-refractivity contribution < 1.29 is 27.1 Å². The van der Waals surface area contributed by atoms with Crippen molar-refractivity contribution in [3.05, 3.63) is 58.5 Å². The van der Waals surface area contributed by atoms with Gasteiger partial charge in [-0.05, 0) is 65.4 Å². The van der Waals surface area contributed by atoms with Crippen molar-refractivity contribution in [3.63, 3.8) is 0 Å². The Balaban J connectivity index is 1.69. The van der Waals surface area contributed by atoms with E-state index in [0.717, 1.165) is 6.07 Å². The predicted molar refractivity (Wildman–Crippen MR) is 133 cm³/mol. The molecule has 0 aliphatic heterocycles. The van der Waals surface area contributed by atoms with Gasteiger partial charge in [-0.25, -0.2) is 27.5 Å². The maximum Gasteiger partial charge on any atom is 0.266 e. The number of alkyl halides is 3. The molecule has 10 heteroatoms. The smallest absolute Gasteiger partial charge is 0.266 e. The molecule has 0 saturated heterocycles. The number of amides is 1. The second-order valence-electron chi connectivity index (χ2n) is 9.94. The van der Waals surface area contributed by atoms with Gasteiger partial charge in [-0.15, -0.1) is 0 Å². The lowest BCUT2D eigenvalue weighted by Gasteiger charge is -2.50. The van der Waals surface area contributed by atoms with E-state index in [-0.39, 0.29) is 22.6 Å². The molecule has 200 valence electrons. The first kappa shape index (κ1) is 26.9. The van der Waals surface area contributed by atoms with Crippen LogP contribution in [0.15, 0.2) is 24.5 Å². The molecule has 2 aromatic rings. The fourth-order valence-electron chi connectivity index (χ4n) is 5.24. The van der Waals surface area contributed by atoms with Crippen molar-refractivity contribution in [1.82, 2.24) is 15.3 Å². The van der Waals surface area contributed by atoms with Gasteiger partial charge < -0.3 is 15.4 Å². The first-order valence-electron chi connectivity index (χ1n) is 12.6. The highest BCUT2D eigenvalue weighted by atomic mass is 19.3. The number of carbonyl (C=O) groups is 1. The molecule has 1 atom stereocenters. The van der Waals surface area contributed by atoms with Gasteiger partial charge in [-0.2, -0.15) is 0 Å². The molecule has 3 saturated carbocycles. The summed E-state index contributed by atoms with van der Waals surface area (Å²) in [4.78, 5) is 22.5. The third-order valence-corrected chi connectivity index (χ3v) is 7.41. The van der Waals surface area contributed by atoms with Crippen LogP contribution in [0.25, 0.3) is 6.08 Å².